The van der Waals surface area contributed by atoms with Crippen LogP contribution in [-0.2, 0) is 0 Å². The molecule has 1 atom stereocenters. The minimum Gasteiger partial charge on any atom is -0.350 e. The first-order valence-electron chi connectivity index (χ1n) is 5.71. The van der Waals surface area contributed by atoms with Gasteiger partial charge in [0.15, 0.2) is 0 Å². The second-order valence-electron chi connectivity index (χ2n) is 4.64. The van der Waals surface area contributed by atoms with E-state index in [1.165, 1.54) is 12.1 Å². The largest absolute Gasteiger partial charge is 0.350 e. The van der Waals surface area contributed by atoms with Gasteiger partial charge in [0.1, 0.15) is 5.82 Å². The quantitative estimate of drug-likeness (QED) is 0.841. The van der Waals surface area contributed by atoms with Gasteiger partial charge in [-0.05, 0) is 36.6 Å². The van der Waals surface area contributed by atoms with Gasteiger partial charge in [-0.2, -0.15) is 0 Å². The van der Waals surface area contributed by atoms with Crippen LogP contribution in [-0.4, -0.2) is 18.5 Å². The SMILES string of the molecule is Cc1cc(F)cc(C(=O)NCC(N)C(C)C)c1. The van der Waals surface area contributed by atoms with Crippen LogP contribution < -0.4 is 11.1 Å². The lowest BCUT2D eigenvalue weighted by Crippen LogP contribution is -2.40. The maximum atomic E-state index is 13.1. The van der Waals surface area contributed by atoms with Crippen LogP contribution in [0.4, 0.5) is 4.39 Å². The fraction of sp³-hybridized carbons (Fsp3) is 0.462. The Morgan fingerprint density at radius 2 is 2.06 bits per heavy atom. The smallest absolute Gasteiger partial charge is 0.251 e. The van der Waals surface area contributed by atoms with Crippen LogP contribution in [0.2, 0.25) is 0 Å². The number of rotatable bonds is 4. The highest BCUT2D eigenvalue weighted by Crippen LogP contribution is 2.08. The number of halogens is 1. The Morgan fingerprint density at radius 3 is 2.59 bits per heavy atom. The van der Waals surface area contributed by atoms with Crippen LogP contribution >= 0.6 is 0 Å². The van der Waals surface area contributed by atoms with Gasteiger partial charge in [0.2, 0.25) is 0 Å². The third kappa shape index (κ3) is 4.15. The molecule has 0 heterocycles. The fourth-order valence-corrected chi connectivity index (χ4v) is 1.42. The van der Waals surface area contributed by atoms with Gasteiger partial charge in [0, 0.05) is 18.2 Å². The van der Waals surface area contributed by atoms with Crippen molar-refractivity contribution in [2.75, 3.05) is 6.54 Å². The van der Waals surface area contributed by atoms with Gasteiger partial charge in [-0.15, -0.1) is 0 Å². The second-order valence-corrected chi connectivity index (χ2v) is 4.64. The third-order valence-corrected chi connectivity index (χ3v) is 2.66. The van der Waals surface area contributed by atoms with E-state index in [1.807, 2.05) is 13.8 Å². The monoisotopic (exact) mass is 238 g/mol. The summed E-state index contributed by atoms with van der Waals surface area (Å²) in [4.78, 5) is 11.7. The first-order chi connectivity index (χ1) is 7.90. The molecule has 1 aromatic rings. The third-order valence-electron chi connectivity index (χ3n) is 2.66. The Kier molecular flexibility index (Phi) is 4.63. The Balaban J connectivity index is 2.64. The highest BCUT2D eigenvalue weighted by molar-refractivity contribution is 5.94. The van der Waals surface area contributed by atoms with Gasteiger partial charge >= 0.3 is 0 Å². The number of carbonyl (C=O) groups is 1. The number of hydrogen-bond donors (Lipinski definition) is 2. The van der Waals surface area contributed by atoms with Gasteiger partial charge in [-0.3, -0.25) is 4.79 Å². The zero-order chi connectivity index (χ0) is 13.0. The normalized spacial score (nSPS) is 12.6. The number of carbonyl (C=O) groups excluding carboxylic acids is 1. The van der Waals surface area contributed by atoms with E-state index in [4.69, 9.17) is 5.73 Å². The Hall–Kier alpha value is -1.42. The molecule has 0 spiro atoms. The highest BCUT2D eigenvalue weighted by Gasteiger charge is 2.11. The van der Waals surface area contributed by atoms with Crippen molar-refractivity contribution in [2.45, 2.75) is 26.8 Å². The van der Waals surface area contributed by atoms with E-state index in [2.05, 4.69) is 5.32 Å². The molecule has 3 N–H and O–H groups in total. The van der Waals surface area contributed by atoms with Crippen molar-refractivity contribution in [2.24, 2.45) is 11.7 Å². The summed E-state index contributed by atoms with van der Waals surface area (Å²) in [6.45, 7) is 6.12. The molecule has 0 fully saturated rings. The van der Waals surface area contributed by atoms with E-state index in [-0.39, 0.29) is 11.9 Å². The van der Waals surface area contributed by atoms with Crippen molar-refractivity contribution >= 4 is 5.91 Å². The zero-order valence-electron chi connectivity index (χ0n) is 10.5. The number of benzene rings is 1. The molecule has 0 radical (unpaired) electrons. The molecule has 0 saturated carbocycles. The van der Waals surface area contributed by atoms with Crippen molar-refractivity contribution in [3.05, 3.63) is 35.1 Å². The maximum Gasteiger partial charge on any atom is 0.251 e. The molecule has 17 heavy (non-hydrogen) atoms. The van der Waals surface area contributed by atoms with E-state index in [0.29, 0.717) is 18.0 Å². The molecular weight excluding hydrogens is 219 g/mol. The van der Waals surface area contributed by atoms with Crippen molar-refractivity contribution < 1.29 is 9.18 Å². The lowest BCUT2D eigenvalue weighted by Gasteiger charge is -2.16. The number of nitrogens with one attached hydrogen (secondary N) is 1. The van der Waals surface area contributed by atoms with Gasteiger partial charge < -0.3 is 11.1 Å². The minimum atomic E-state index is -0.400. The van der Waals surface area contributed by atoms with E-state index in [1.54, 1.807) is 13.0 Å². The molecule has 1 rings (SSSR count). The summed E-state index contributed by atoms with van der Waals surface area (Å²) in [6, 6.07) is 4.17. The van der Waals surface area contributed by atoms with Gasteiger partial charge in [-0.1, -0.05) is 13.8 Å². The van der Waals surface area contributed by atoms with Crippen LogP contribution in [0.25, 0.3) is 0 Å². The number of hydrogen-bond acceptors (Lipinski definition) is 2. The maximum absolute atomic E-state index is 13.1. The minimum absolute atomic E-state index is 0.0893. The van der Waals surface area contributed by atoms with Crippen molar-refractivity contribution in [1.82, 2.24) is 5.32 Å². The summed E-state index contributed by atoms with van der Waals surface area (Å²) < 4.78 is 13.1. The topological polar surface area (TPSA) is 55.1 Å². The van der Waals surface area contributed by atoms with E-state index >= 15 is 0 Å². The average molecular weight is 238 g/mol. The Bertz CT molecular complexity index is 384. The summed E-state index contributed by atoms with van der Waals surface area (Å²) in [5.41, 5.74) is 6.87. The lowest BCUT2D eigenvalue weighted by atomic mass is 10.1. The van der Waals surface area contributed by atoms with Gasteiger partial charge in [0.25, 0.3) is 5.91 Å². The van der Waals surface area contributed by atoms with Crippen LogP contribution in [0, 0.1) is 18.7 Å². The number of nitrogens with two attached hydrogens (primary N) is 1. The Labute approximate surface area is 101 Å². The summed E-state index contributed by atoms with van der Waals surface area (Å²) in [5.74, 6) is -0.392. The average Bonchev–Trinajstić information content (AvgIpc) is 2.23. The standard InChI is InChI=1S/C13H19FN2O/c1-8(2)12(15)7-16-13(17)10-4-9(3)5-11(14)6-10/h4-6,8,12H,7,15H2,1-3H3,(H,16,17). The molecular formula is C13H19FN2O. The van der Waals surface area contributed by atoms with Crippen molar-refractivity contribution in [1.29, 1.82) is 0 Å². The fourth-order valence-electron chi connectivity index (χ4n) is 1.42. The van der Waals surface area contributed by atoms with Crippen LogP contribution in [0.3, 0.4) is 0 Å². The Morgan fingerprint density at radius 1 is 1.41 bits per heavy atom. The molecule has 1 unspecified atom stereocenters. The summed E-state index contributed by atoms with van der Waals surface area (Å²) >= 11 is 0. The molecule has 0 aliphatic heterocycles. The second kappa shape index (κ2) is 5.77. The van der Waals surface area contributed by atoms with Crippen molar-refractivity contribution in [3.8, 4) is 0 Å². The first kappa shape index (κ1) is 13.6. The van der Waals surface area contributed by atoms with E-state index in [9.17, 15) is 9.18 Å². The molecule has 0 aromatic heterocycles. The molecule has 3 nitrogen and oxygen atoms in total. The number of aryl methyl sites for hydroxylation is 1. The summed E-state index contributed by atoms with van der Waals surface area (Å²) in [5, 5.41) is 2.70. The van der Waals surface area contributed by atoms with Crippen molar-refractivity contribution in [3.63, 3.8) is 0 Å². The van der Waals surface area contributed by atoms with Crippen LogP contribution in [0.15, 0.2) is 18.2 Å². The predicted molar refractivity (Wildman–Crippen MR) is 66.3 cm³/mol. The highest BCUT2D eigenvalue weighted by atomic mass is 19.1. The molecule has 1 amide bonds. The molecule has 94 valence electrons. The van der Waals surface area contributed by atoms with Crippen LogP contribution in [0.5, 0.6) is 0 Å². The summed E-state index contributed by atoms with van der Waals surface area (Å²) in [6.07, 6.45) is 0. The summed E-state index contributed by atoms with van der Waals surface area (Å²) in [7, 11) is 0. The zero-order valence-corrected chi connectivity index (χ0v) is 10.5. The number of amides is 1. The predicted octanol–water partition coefficient (Wildman–Crippen LogP) is 1.85. The van der Waals surface area contributed by atoms with Gasteiger partial charge in [-0.25, -0.2) is 4.39 Å². The molecule has 0 aliphatic carbocycles. The first-order valence-corrected chi connectivity index (χ1v) is 5.71. The van der Waals surface area contributed by atoms with E-state index in [0.717, 1.165) is 5.56 Å². The van der Waals surface area contributed by atoms with Gasteiger partial charge in [0.05, 0.1) is 0 Å². The molecule has 0 saturated heterocycles. The molecule has 0 aliphatic rings. The lowest BCUT2D eigenvalue weighted by molar-refractivity contribution is 0.0948. The molecule has 0 bridgehead atoms. The molecule has 4 heteroatoms. The molecule has 1 aromatic carbocycles. The van der Waals surface area contributed by atoms with Crippen LogP contribution in [0.1, 0.15) is 29.8 Å². The van der Waals surface area contributed by atoms with E-state index < -0.39 is 5.82 Å².